The Hall–Kier alpha value is -3.23. The maximum Gasteiger partial charge on any atom is 0.387 e. The summed E-state index contributed by atoms with van der Waals surface area (Å²) in [6, 6.07) is 7.74. The molecule has 0 atom stereocenters. The smallest absolute Gasteiger partial charge is 0.387 e. The first-order chi connectivity index (χ1) is 12.8. The van der Waals surface area contributed by atoms with E-state index in [1.54, 1.807) is 13.8 Å². The Morgan fingerprint density at radius 1 is 1.15 bits per heavy atom. The number of halogens is 3. The second kappa shape index (κ2) is 7.18. The monoisotopic (exact) mass is 380 g/mol. The van der Waals surface area contributed by atoms with Crippen LogP contribution in [0.5, 0.6) is 11.5 Å². The second-order valence-electron chi connectivity index (χ2n) is 5.92. The molecular formula is C18H15F3N2O4. The van der Waals surface area contributed by atoms with Crippen LogP contribution in [0.2, 0.25) is 0 Å². The van der Waals surface area contributed by atoms with Crippen LogP contribution in [0.1, 0.15) is 19.9 Å². The van der Waals surface area contributed by atoms with Crippen molar-refractivity contribution >= 4 is 17.5 Å². The first kappa shape index (κ1) is 18.6. The molecule has 0 saturated carbocycles. The van der Waals surface area contributed by atoms with Gasteiger partial charge in [-0.2, -0.15) is 8.78 Å². The zero-order valence-corrected chi connectivity index (χ0v) is 14.4. The Bertz CT molecular complexity index is 1060. The average Bonchev–Trinajstić information content (AvgIpc) is 2.90. The van der Waals surface area contributed by atoms with Crippen LogP contribution in [0, 0.1) is 5.82 Å². The first-order valence-corrected chi connectivity index (χ1v) is 7.96. The topological polar surface area (TPSA) is 62.5 Å². The Balaban J connectivity index is 2.31. The predicted molar refractivity (Wildman–Crippen MR) is 91.2 cm³/mol. The molecule has 2 aromatic carbocycles. The largest absolute Gasteiger partial charge is 0.435 e. The van der Waals surface area contributed by atoms with Crippen LogP contribution >= 0.6 is 0 Å². The van der Waals surface area contributed by atoms with Crippen molar-refractivity contribution in [2.75, 3.05) is 0 Å². The van der Waals surface area contributed by atoms with E-state index in [9.17, 15) is 22.8 Å². The van der Waals surface area contributed by atoms with Crippen molar-refractivity contribution in [3.8, 4) is 17.2 Å². The van der Waals surface area contributed by atoms with E-state index in [0.29, 0.717) is 0 Å². The Morgan fingerprint density at radius 3 is 2.52 bits per heavy atom. The molecule has 3 rings (SSSR count). The zero-order valence-electron chi connectivity index (χ0n) is 14.4. The number of aromatic nitrogens is 2. The van der Waals surface area contributed by atoms with E-state index in [2.05, 4.69) is 9.47 Å². The molecule has 0 unspecified atom stereocenters. The van der Waals surface area contributed by atoms with Crippen LogP contribution in [-0.4, -0.2) is 22.2 Å². The van der Waals surface area contributed by atoms with Crippen molar-refractivity contribution < 1.29 is 27.4 Å². The maximum absolute atomic E-state index is 14.9. The highest BCUT2D eigenvalue weighted by Gasteiger charge is 2.22. The number of imidazole rings is 1. The van der Waals surface area contributed by atoms with Gasteiger partial charge in [0.2, 0.25) is 0 Å². The molecule has 0 aliphatic carbocycles. The van der Waals surface area contributed by atoms with E-state index >= 15 is 0 Å². The highest BCUT2D eigenvalue weighted by Crippen LogP contribution is 2.30. The van der Waals surface area contributed by atoms with Gasteiger partial charge in [-0.15, -0.1) is 0 Å². The average molecular weight is 380 g/mol. The molecule has 0 N–H and O–H groups in total. The van der Waals surface area contributed by atoms with Gasteiger partial charge in [0.25, 0.3) is 6.47 Å². The summed E-state index contributed by atoms with van der Waals surface area (Å²) in [7, 11) is 0. The van der Waals surface area contributed by atoms with Crippen LogP contribution in [-0.2, 0) is 4.79 Å². The SMILES string of the molecule is CC(C)n1c(=O)n(-c2cccc(OC(F)F)c2)c2ccc(OC=O)c(F)c21. The van der Waals surface area contributed by atoms with E-state index < -0.39 is 24.2 Å². The molecule has 0 bridgehead atoms. The number of alkyl halides is 2. The summed E-state index contributed by atoms with van der Waals surface area (Å²) in [5, 5.41) is 0. The molecule has 0 spiro atoms. The summed E-state index contributed by atoms with van der Waals surface area (Å²) in [6.45, 7) is 0.446. The van der Waals surface area contributed by atoms with Crippen molar-refractivity contribution in [1.82, 2.24) is 9.13 Å². The highest BCUT2D eigenvalue weighted by molar-refractivity contribution is 5.81. The molecule has 0 aliphatic rings. The van der Waals surface area contributed by atoms with Crippen molar-refractivity contribution in [1.29, 1.82) is 0 Å². The lowest BCUT2D eigenvalue weighted by molar-refractivity contribution is -0.120. The van der Waals surface area contributed by atoms with Gasteiger partial charge in [0.1, 0.15) is 11.3 Å². The third-order valence-electron chi connectivity index (χ3n) is 3.93. The van der Waals surface area contributed by atoms with Gasteiger partial charge in [-0.25, -0.2) is 9.18 Å². The molecule has 9 heteroatoms. The molecule has 1 aromatic heterocycles. The summed E-state index contributed by atoms with van der Waals surface area (Å²) < 4.78 is 51.2. The lowest BCUT2D eigenvalue weighted by Gasteiger charge is -2.08. The molecule has 0 amide bonds. The van der Waals surface area contributed by atoms with Gasteiger partial charge < -0.3 is 9.47 Å². The number of rotatable bonds is 6. The molecule has 6 nitrogen and oxygen atoms in total. The molecule has 0 saturated heterocycles. The van der Waals surface area contributed by atoms with Crippen LogP contribution < -0.4 is 15.2 Å². The van der Waals surface area contributed by atoms with Crippen LogP contribution in [0.3, 0.4) is 0 Å². The van der Waals surface area contributed by atoms with Gasteiger partial charge in [0, 0.05) is 12.1 Å². The number of carbonyl (C=O) groups excluding carboxylic acids is 1. The van der Waals surface area contributed by atoms with Gasteiger partial charge in [0.05, 0.1) is 11.2 Å². The fraction of sp³-hybridized carbons (Fsp3) is 0.222. The maximum atomic E-state index is 14.9. The van der Waals surface area contributed by atoms with Gasteiger partial charge in [-0.3, -0.25) is 13.9 Å². The molecule has 3 aromatic rings. The number of nitrogens with zero attached hydrogens (tertiary/aromatic N) is 2. The summed E-state index contributed by atoms with van der Waals surface area (Å²) in [4.78, 5) is 23.5. The number of carbonyl (C=O) groups is 1. The number of hydrogen-bond acceptors (Lipinski definition) is 4. The van der Waals surface area contributed by atoms with Gasteiger partial charge in [-0.1, -0.05) is 6.07 Å². The second-order valence-corrected chi connectivity index (χ2v) is 5.92. The van der Waals surface area contributed by atoms with E-state index in [-0.39, 0.29) is 34.7 Å². The first-order valence-electron chi connectivity index (χ1n) is 7.96. The van der Waals surface area contributed by atoms with Crippen molar-refractivity contribution in [3.63, 3.8) is 0 Å². The lowest BCUT2D eigenvalue weighted by atomic mass is 10.2. The Morgan fingerprint density at radius 2 is 1.89 bits per heavy atom. The molecule has 0 fully saturated rings. The van der Waals surface area contributed by atoms with Crippen LogP contribution in [0.15, 0.2) is 41.2 Å². The van der Waals surface area contributed by atoms with E-state index in [0.717, 1.165) is 0 Å². The molecule has 1 heterocycles. The molecule has 0 radical (unpaired) electrons. The van der Waals surface area contributed by atoms with E-state index in [1.807, 2.05) is 0 Å². The van der Waals surface area contributed by atoms with Crippen molar-refractivity contribution in [2.24, 2.45) is 0 Å². The Labute approximate surface area is 151 Å². The molecular weight excluding hydrogens is 365 g/mol. The molecule has 0 aliphatic heterocycles. The fourth-order valence-corrected chi connectivity index (χ4v) is 2.92. The van der Waals surface area contributed by atoms with E-state index in [4.69, 9.17) is 0 Å². The predicted octanol–water partition coefficient (Wildman–Crippen LogP) is 3.65. The van der Waals surface area contributed by atoms with Crippen LogP contribution in [0.4, 0.5) is 13.2 Å². The lowest BCUT2D eigenvalue weighted by Crippen LogP contribution is -2.24. The highest BCUT2D eigenvalue weighted by atomic mass is 19.3. The van der Waals surface area contributed by atoms with Gasteiger partial charge in [0.15, 0.2) is 11.6 Å². The standard InChI is InChI=1S/C18H15F3N2O4/c1-10(2)22-16-13(6-7-14(15(16)19)26-9-24)23(18(22)25)11-4-3-5-12(8-11)27-17(20)21/h3-10,17H,1-2H3. The number of hydrogen-bond donors (Lipinski definition) is 0. The van der Waals surface area contributed by atoms with Crippen molar-refractivity contribution in [3.05, 3.63) is 52.7 Å². The minimum absolute atomic E-state index is 0.0606. The third kappa shape index (κ3) is 3.27. The third-order valence-corrected chi connectivity index (χ3v) is 3.93. The fourth-order valence-electron chi connectivity index (χ4n) is 2.92. The van der Waals surface area contributed by atoms with Crippen molar-refractivity contribution in [2.45, 2.75) is 26.5 Å². The molecule has 27 heavy (non-hydrogen) atoms. The quantitative estimate of drug-likeness (QED) is 0.613. The normalized spacial score (nSPS) is 11.4. The zero-order chi connectivity index (χ0) is 19.7. The van der Waals surface area contributed by atoms with Gasteiger partial charge in [-0.05, 0) is 38.1 Å². The Kier molecular flexibility index (Phi) is 4.93. The summed E-state index contributed by atoms with van der Waals surface area (Å²) in [6.07, 6.45) is 0. The summed E-state index contributed by atoms with van der Waals surface area (Å²) in [5.74, 6) is -1.33. The minimum Gasteiger partial charge on any atom is -0.435 e. The minimum atomic E-state index is -3.02. The van der Waals surface area contributed by atoms with Gasteiger partial charge >= 0.3 is 12.3 Å². The summed E-state index contributed by atoms with van der Waals surface area (Å²) in [5.41, 5.74) is -0.212. The van der Waals surface area contributed by atoms with Crippen LogP contribution in [0.25, 0.3) is 16.7 Å². The van der Waals surface area contributed by atoms with E-state index in [1.165, 1.54) is 45.5 Å². The number of ether oxygens (including phenoxy) is 2. The summed E-state index contributed by atoms with van der Waals surface area (Å²) >= 11 is 0. The molecule has 142 valence electrons. The number of benzene rings is 2. The number of fused-ring (bicyclic) bond motifs is 1.